The Morgan fingerprint density at radius 1 is 0.926 bits per heavy atom. The maximum atomic E-state index is 12.0. The number of sulfone groups is 1. The van der Waals surface area contributed by atoms with Gasteiger partial charge in [-0.2, -0.15) is 0 Å². The number of hydrogen-bond donors (Lipinski definition) is 2. The molecule has 7 nitrogen and oxygen atoms in total. The van der Waals surface area contributed by atoms with Crippen LogP contribution in [0.4, 0.5) is 23.0 Å². The minimum absolute atomic E-state index is 0.0554. The number of rotatable bonds is 7. The van der Waals surface area contributed by atoms with Crippen LogP contribution in [0.15, 0.2) is 65.8 Å². The Balaban J connectivity index is 1.77. The summed E-state index contributed by atoms with van der Waals surface area (Å²) in [6, 6.07) is 15.9. The van der Waals surface area contributed by atoms with Gasteiger partial charge >= 0.3 is 0 Å². The Kier molecular flexibility index (Phi) is 5.56. The van der Waals surface area contributed by atoms with Gasteiger partial charge in [-0.1, -0.05) is 13.0 Å². The Bertz CT molecular complexity index is 1020. The lowest BCUT2D eigenvalue weighted by Crippen LogP contribution is -2.04. The van der Waals surface area contributed by atoms with Crippen molar-refractivity contribution in [1.82, 2.24) is 9.97 Å². The highest BCUT2D eigenvalue weighted by Gasteiger charge is 2.12. The summed E-state index contributed by atoms with van der Waals surface area (Å²) in [6.45, 7) is 1.62. The van der Waals surface area contributed by atoms with E-state index in [2.05, 4.69) is 20.6 Å². The average molecular weight is 384 g/mol. The van der Waals surface area contributed by atoms with Gasteiger partial charge in [0.25, 0.3) is 0 Å². The fourth-order valence-electron chi connectivity index (χ4n) is 2.40. The summed E-state index contributed by atoms with van der Waals surface area (Å²) in [6.07, 6.45) is 1.43. The van der Waals surface area contributed by atoms with Gasteiger partial charge in [0.2, 0.25) is 0 Å². The van der Waals surface area contributed by atoms with Gasteiger partial charge in [0.15, 0.2) is 9.84 Å². The van der Waals surface area contributed by atoms with E-state index in [1.807, 2.05) is 24.3 Å². The molecule has 2 aromatic carbocycles. The van der Waals surface area contributed by atoms with Crippen LogP contribution in [-0.4, -0.2) is 31.2 Å². The van der Waals surface area contributed by atoms with E-state index in [1.165, 1.54) is 6.33 Å². The van der Waals surface area contributed by atoms with E-state index < -0.39 is 9.84 Å². The van der Waals surface area contributed by atoms with E-state index in [-0.39, 0.29) is 10.6 Å². The molecule has 8 heteroatoms. The van der Waals surface area contributed by atoms with Crippen LogP contribution < -0.4 is 15.4 Å². The molecule has 140 valence electrons. The van der Waals surface area contributed by atoms with Crippen molar-refractivity contribution < 1.29 is 13.2 Å². The largest absolute Gasteiger partial charge is 0.497 e. The van der Waals surface area contributed by atoms with Crippen LogP contribution in [0, 0.1) is 0 Å². The second-order valence-corrected chi connectivity index (χ2v) is 7.98. The summed E-state index contributed by atoms with van der Waals surface area (Å²) < 4.78 is 29.2. The molecule has 3 aromatic rings. The van der Waals surface area contributed by atoms with Crippen LogP contribution in [0.3, 0.4) is 0 Å². The molecule has 0 saturated carbocycles. The molecular weight excluding hydrogens is 364 g/mol. The minimum atomic E-state index is -3.26. The van der Waals surface area contributed by atoms with Gasteiger partial charge in [0, 0.05) is 17.4 Å². The van der Waals surface area contributed by atoms with E-state index in [0.29, 0.717) is 17.3 Å². The highest BCUT2D eigenvalue weighted by atomic mass is 32.2. The van der Waals surface area contributed by atoms with Gasteiger partial charge in [-0.3, -0.25) is 0 Å². The van der Waals surface area contributed by atoms with Gasteiger partial charge in [-0.05, 0) is 42.5 Å². The van der Waals surface area contributed by atoms with Crippen molar-refractivity contribution in [1.29, 1.82) is 0 Å². The van der Waals surface area contributed by atoms with Crippen molar-refractivity contribution in [3.8, 4) is 5.75 Å². The normalized spacial score (nSPS) is 11.0. The summed E-state index contributed by atoms with van der Waals surface area (Å²) in [5.41, 5.74) is 1.50. The van der Waals surface area contributed by atoms with Gasteiger partial charge in [-0.25, -0.2) is 18.4 Å². The number of anilines is 4. The number of nitrogens with one attached hydrogen (secondary N) is 2. The molecule has 27 heavy (non-hydrogen) atoms. The molecule has 0 atom stereocenters. The molecule has 0 radical (unpaired) electrons. The summed E-state index contributed by atoms with van der Waals surface area (Å²) in [5.74, 6) is 1.98. The van der Waals surface area contributed by atoms with E-state index >= 15 is 0 Å². The summed E-state index contributed by atoms with van der Waals surface area (Å²) in [5, 5.41) is 6.29. The monoisotopic (exact) mass is 384 g/mol. The molecule has 0 bridgehead atoms. The molecule has 1 aromatic heterocycles. The van der Waals surface area contributed by atoms with E-state index in [0.717, 1.165) is 11.4 Å². The van der Waals surface area contributed by atoms with Crippen LogP contribution in [0.2, 0.25) is 0 Å². The first-order valence-corrected chi connectivity index (χ1v) is 9.98. The molecule has 0 aliphatic heterocycles. The van der Waals surface area contributed by atoms with E-state index in [1.54, 1.807) is 44.4 Å². The van der Waals surface area contributed by atoms with Gasteiger partial charge in [0.05, 0.1) is 17.8 Å². The third-order valence-electron chi connectivity index (χ3n) is 3.88. The third-order valence-corrected chi connectivity index (χ3v) is 5.61. The fourth-order valence-corrected chi connectivity index (χ4v) is 3.32. The Labute approximate surface area is 158 Å². The number of nitrogens with zero attached hydrogens (tertiary/aromatic N) is 2. The maximum absolute atomic E-state index is 12.0. The summed E-state index contributed by atoms with van der Waals surface area (Å²) in [4.78, 5) is 8.66. The number of ether oxygens (including phenoxy) is 1. The SMILES string of the molecule is CCS(=O)(=O)c1cccc(Nc2cc(Nc3ccc(OC)cc3)ncn2)c1. The topological polar surface area (TPSA) is 93.2 Å². The van der Waals surface area contributed by atoms with Crippen molar-refractivity contribution in [3.63, 3.8) is 0 Å². The van der Waals surface area contributed by atoms with Crippen molar-refractivity contribution >= 4 is 32.8 Å². The summed E-state index contributed by atoms with van der Waals surface area (Å²) >= 11 is 0. The molecule has 3 rings (SSSR count). The lowest BCUT2D eigenvalue weighted by molar-refractivity contribution is 0.415. The first-order chi connectivity index (χ1) is 13.0. The van der Waals surface area contributed by atoms with Crippen LogP contribution in [0.5, 0.6) is 5.75 Å². The van der Waals surface area contributed by atoms with E-state index in [4.69, 9.17) is 4.74 Å². The predicted molar refractivity (Wildman–Crippen MR) is 106 cm³/mol. The van der Waals surface area contributed by atoms with Gasteiger partial charge < -0.3 is 15.4 Å². The molecule has 0 amide bonds. The number of hydrogen-bond acceptors (Lipinski definition) is 7. The zero-order valence-electron chi connectivity index (χ0n) is 15.0. The maximum Gasteiger partial charge on any atom is 0.178 e. The van der Waals surface area contributed by atoms with Crippen molar-refractivity contribution in [2.24, 2.45) is 0 Å². The lowest BCUT2D eigenvalue weighted by Gasteiger charge is -2.10. The lowest BCUT2D eigenvalue weighted by atomic mass is 10.3. The fraction of sp³-hybridized carbons (Fsp3) is 0.158. The van der Waals surface area contributed by atoms with Gasteiger partial charge in [-0.15, -0.1) is 0 Å². The third kappa shape index (κ3) is 4.73. The van der Waals surface area contributed by atoms with Crippen molar-refractivity contribution in [2.45, 2.75) is 11.8 Å². The molecule has 1 heterocycles. The zero-order valence-corrected chi connectivity index (χ0v) is 15.8. The summed E-state index contributed by atoms with van der Waals surface area (Å²) in [7, 11) is -1.65. The molecule has 0 spiro atoms. The second kappa shape index (κ2) is 8.05. The smallest absolute Gasteiger partial charge is 0.178 e. The van der Waals surface area contributed by atoms with Crippen LogP contribution >= 0.6 is 0 Å². The number of aromatic nitrogens is 2. The molecule has 0 unspecified atom stereocenters. The van der Waals surface area contributed by atoms with Crippen LogP contribution in [0.25, 0.3) is 0 Å². The molecule has 0 aliphatic carbocycles. The Morgan fingerprint density at radius 2 is 1.59 bits per heavy atom. The van der Waals surface area contributed by atoms with E-state index in [9.17, 15) is 8.42 Å². The quantitative estimate of drug-likeness (QED) is 0.640. The number of benzene rings is 2. The Hall–Kier alpha value is -3.13. The van der Waals surface area contributed by atoms with Crippen LogP contribution in [-0.2, 0) is 9.84 Å². The minimum Gasteiger partial charge on any atom is -0.497 e. The number of methoxy groups -OCH3 is 1. The van der Waals surface area contributed by atoms with Crippen molar-refractivity contribution in [2.75, 3.05) is 23.5 Å². The molecule has 0 aliphatic rings. The molecule has 0 fully saturated rings. The zero-order chi connectivity index (χ0) is 19.3. The molecular formula is C19H20N4O3S. The first-order valence-electron chi connectivity index (χ1n) is 8.33. The first kappa shape index (κ1) is 18.7. The highest BCUT2D eigenvalue weighted by molar-refractivity contribution is 7.91. The molecule has 0 saturated heterocycles. The second-order valence-electron chi connectivity index (χ2n) is 5.70. The average Bonchev–Trinajstić information content (AvgIpc) is 2.69. The van der Waals surface area contributed by atoms with Crippen LogP contribution in [0.1, 0.15) is 6.92 Å². The Morgan fingerprint density at radius 3 is 2.22 bits per heavy atom. The van der Waals surface area contributed by atoms with Gasteiger partial charge in [0.1, 0.15) is 23.7 Å². The molecule has 2 N–H and O–H groups in total. The highest BCUT2D eigenvalue weighted by Crippen LogP contribution is 2.23. The standard InChI is InChI=1S/C19H20N4O3S/c1-3-27(24,25)17-6-4-5-15(11-17)23-19-12-18(20-13-21-19)22-14-7-9-16(26-2)10-8-14/h4-13H,3H2,1-2H3,(H2,20,21,22,23). The van der Waals surface area contributed by atoms with Crippen molar-refractivity contribution in [3.05, 3.63) is 60.9 Å². The predicted octanol–water partition coefficient (Wildman–Crippen LogP) is 3.77.